The molecule has 4 aromatic carbocycles. The van der Waals surface area contributed by atoms with Crippen molar-refractivity contribution in [3.8, 4) is 11.5 Å². The molecule has 0 amide bonds. The molecule has 6 heteroatoms. The minimum Gasteiger partial charge on any atom is -0.489 e. The van der Waals surface area contributed by atoms with Crippen molar-refractivity contribution in [3.63, 3.8) is 0 Å². The maximum Gasteiger partial charge on any atom is 0.328 e. The van der Waals surface area contributed by atoms with Crippen LogP contribution in [0.1, 0.15) is 66.8 Å². The van der Waals surface area contributed by atoms with Crippen LogP contribution in [0.2, 0.25) is 0 Å². The van der Waals surface area contributed by atoms with E-state index in [1.165, 1.54) is 37.7 Å². The fourth-order valence-electron chi connectivity index (χ4n) is 7.05. The Hall–Kier alpha value is -5.62. The number of fused-ring (bicyclic) bond motifs is 4. The lowest BCUT2D eigenvalue weighted by Crippen LogP contribution is -1.99. The van der Waals surface area contributed by atoms with Crippen molar-refractivity contribution < 1.29 is 29.3 Å². The van der Waals surface area contributed by atoms with Crippen LogP contribution in [0.4, 0.5) is 0 Å². The van der Waals surface area contributed by atoms with Gasteiger partial charge in [0.15, 0.2) is 0 Å². The zero-order chi connectivity index (χ0) is 38.1. The van der Waals surface area contributed by atoms with Crippen LogP contribution >= 0.6 is 0 Å². The summed E-state index contributed by atoms with van der Waals surface area (Å²) in [4.78, 5) is 20.8. The summed E-state index contributed by atoms with van der Waals surface area (Å²) in [6.07, 6.45) is 22.2. The monoisotopic (exact) mass is 724 g/mol. The van der Waals surface area contributed by atoms with Gasteiger partial charge in [0.2, 0.25) is 0 Å². The molecule has 4 aromatic rings. The van der Waals surface area contributed by atoms with Crippen molar-refractivity contribution in [2.24, 2.45) is 29.6 Å². The van der Waals surface area contributed by atoms with E-state index in [1.807, 2.05) is 97.9 Å². The number of hydrogen-bond acceptors (Lipinski definition) is 4. The molecule has 4 bridgehead atoms. The third-order valence-corrected chi connectivity index (χ3v) is 10.2. The van der Waals surface area contributed by atoms with Crippen LogP contribution in [-0.4, -0.2) is 22.2 Å². The molecule has 2 N–H and O–H groups in total. The average Bonchev–Trinajstić information content (AvgIpc) is 4.02. The van der Waals surface area contributed by atoms with Crippen molar-refractivity contribution in [2.75, 3.05) is 0 Å². The minimum absolute atomic E-state index is 0.518. The molecular weight excluding hydrogens is 673 g/mol. The Kier molecular flexibility index (Phi) is 15.1. The number of rotatable bonds is 10. The number of allylic oxidation sites excluding steroid dienone is 4. The average molecular weight is 725 g/mol. The SMILES string of the molecule is C1=CC2CCC1C2.CC1CC2C=CC1C2.Cc1ccc(COc2ccc(C=CC(=O)O)cc2)cc1.O=C(O)C=Cc1ccc(OCc2ccccc2)cc1. The molecule has 4 aliphatic rings. The molecule has 0 heterocycles. The van der Waals surface area contributed by atoms with E-state index in [-0.39, 0.29) is 0 Å². The summed E-state index contributed by atoms with van der Waals surface area (Å²) >= 11 is 0. The number of carbonyl (C=O) groups is 2. The normalized spacial score (nSPS) is 21.1. The van der Waals surface area contributed by atoms with Crippen molar-refractivity contribution in [2.45, 2.75) is 59.2 Å². The molecule has 4 aliphatic carbocycles. The summed E-state index contributed by atoms with van der Waals surface area (Å²) in [5, 5.41) is 17.1. The Morgan fingerprint density at radius 1 is 0.593 bits per heavy atom. The highest BCUT2D eigenvalue weighted by molar-refractivity contribution is 5.85. The largest absolute Gasteiger partial charge is 0.489 e. The van der Waals surface area contributed by atoms with E-state index in [0.717, 1.165) is 75.5 Å². The molecule has 0 aromatic heterocycles. The van der Waals surface area contributed by atoms with E-state index < -0.39 is 11.9 Å². The zero-order valence-electron chi connectivity index (χ0n) is 31.3. The molecule has 2 fully saturated rings. The van der Waals surface area contributed by atoms with Crippen LogP contribution in [-0.2, 0) is 22.8 Å². The maximum absolute atomic E-state index is 10.4. The molecule has 6 nitrogen and oxygen atoms in total. The van der Waals surface area contributed by atoms with Gasteiger partial charge in [-0.1, -0.05) is 116 Å². The van der Waals surface area contributed by atoms with Gasteiger partial charge in [-0.25, -0.2) is 9.59 Å². The zero-order valence-corrected chi connectivity index (χ0v) is 31.3. The summed E-state index contributed by atoms with van der Waals surface area (Å²) in [6, 6.07) is 32.7. The highest BCUT2D eigenvalue weighted by Crippen LogP contribution is 2.42. The molecule has 5 unspecified atom stereocenters. The van der Waals surface area contributed by atoms with E-state index in [1.54, 1.807) is 12.2 Å². The highest BCUT2D eigenvalue weighted by atomic mass is 16.5. The third-order valence-electron chi connectivity index (χ3n) is 10.2. The van der Waals surface area contributed by atoms with Gasteiger partial charge in [0.1, 0.15) is 24.7 Å². The van der Waals surface area contributed by atoms with Crippen LogP contribution in [0.5, 0.6) is 11.5 Å². The molecule has 54 heavy (non-hydrogen) atoms. The van der Waals surface area contributed by atoms with Crippen LogP contribution in [0.3, 0.4) is 0 Å². The van der Waals surface area contributed by atoms with Crippen LogP contribution in [0.25, 0.3) is 12.2 Å². The van der Waals surface area contributed by atoms with Gasteiger partial charge in [0.05, 0.1) is 0 Å². The summed E-state index contributed by atoms with van der Waals surface area (Å²) in [6.45, 7) is 5.46. The third kappa shape index (κ3) is 13.7. The van der Waals surface area contributed by atoms with Gasteiger partial charge in [-0.2, -0.15) is 0 Å². The molecule has 2 saturated carbocycles. The summed E-state index contributed by atoms with van der Waals surface area (Å²) < 4.78 is 11.3. The van der Waals surface area contributed by atoms with E-state index >= 15 is 0 Å². The molecule has 8 rings (SSSR count). The molecule has 0 radical (unpaired) electrons. The van der Waals surface area contributed by atoms with E-state index in [4.69, 9.17) is 19.7 Å². The quantitative estimate of drug-likeness (QED) is 0.125. The van der Waals surface area contributed by atoms with Crippen molar-refractivity contribution in [3.05, 3.63) is 167 Å². The lowest BCUT2D eigenvalue weighted by Gasteiger charge is -2.09. The van der Waals surface area contributed by atoms with Crippen LogP contribution in [0, 0.1) is 36.5 Å². The fraction of sp³-hybridized carbons (Fsp3) is 0.292. The Labute approximate surface area is 320 Å². The summed E-state index contributed by atoms with van der Waals surface area (Å²) in [7, 11) is 0. The first-order valence-corrected chi connectivity index (χ1v) is 18.9. The van der Waals surface area contributed by atoms with Crippen molar-refractivity contribution in [1.29, 1.82) is 0 Å². The second kappa shape index (κ2) is 20.6. The number of aliphatic carboxylic acids is 2. The second-order valence-corrected chi connectivity index (χ2v) is 14.5. The molecule has 0 saturated heterocycles. The fourth-order valence-corrected chi connectivity index (χ4v) is 7.05. The van der Waals surface area contributed by atoms with E-state index in [9.17, 15) is 9.59 Å². The Balaban J connectivity index is 0.000000150. The van der Waals surface area contributed by atoms with Gasteiger partial charge >= 0.3 is 11.9 Å². The van der Waals surface area contributed by atoms with Crippen LogP contribution < -0.4 is 9.47 Å². The van der Waals surface area contributed by atoms with Crippen LogP contribution in [0.15, 0.2) is 140 Å². The lowest BCUT2D eigenvalue weighted by molar-refractivity contribution is -0.132. The number of ether oxygens (including phenoxy) is 2. The molecule has 0 spiro atoms. The summed E-state index contributed by atoms with van der Waals surface area (Å²) in [5.74, 6) is 4.51. The second-order valence-electron chi connectivity index (χ2n) is 14.5. The maximum atomic E-state index is 10.4. The molecular formula is C48H52O6. The lowest BCUT2D eigenvalue weighted by atomic mass is 9.96. The highest BCUT2D eigenvalue weighted by Gasteiger charge is 2.32. The number of hydrogen-bond donors (Lipinski definition) is 2. The minimum atomic E-state index is -0.954. The van der Waals surface area contributed by atoms with Gasteiger partial charge in [0, 0.05) is 12.2 Å². The first-order chi connectivity index (χ1) is 26.2. The van der Waals surface area contributed by atoms with Crippen molar-refractivity contribution in [1.82, 2.24) is 0 Å². The number of benzene rings is 4. The molecule has 0 aliphatic heterocycles. The molecule has 280 valence electrons. The predicted octanol–water partition coefficient (Wildman–Crippen LogP) is 11.2. The number of carboxylic acids is 2. The van der Waals surface area contributed by atoms with Gasteiger partial charge in [-0.3, -0.25) is 0 Å². The first kappa shape index (κ1) is 39.6. The Morgan fingerprint density at radius 2 is 1.07 bits per heavy atom. The standard InChI is InChI=1S/C17H16O3.C16H14O3.C8H12.C7H10/c1-13-2-4-15(5-3-13)12-20-16-9-6-14(7-10-16)8-11-17(18)19;17-16(18)11-8-13-6-9-15(10-7-13)19-12-14-4-2-1-3-5-14;1-6-4-7-2-3-8(6)5-7;1-2-7-4-3-6(1)5-7/h2-11H,12H2,1H3,(H,18,19);1-11H,12H2,(H,17,18);2-3,6-8H,4-5H2,1H3;1-2,6-7H,3-5H2. The smallest absolute Gasteiger partial charge is 0.328 e. The number of aryl methyl sites for hydroxylation is 1. The predicted molar refractivity (Wildman–Crippen MR) is 217 cm³/mol. The Morgan fingerprint density at radius 3 is 1.43 bits per heavy atom. The van der Waals surface area contributed by atoms with Gasteiger partial charge in [0.25, 0.3) is 0 Å². The summed E-state index contributed by atoms with van der Waals surface area (Å²) in [5.41, 5.74) is 5.11. The topological polar surface area (TPSA) is 93.1 Å². The van der Waals surface area contributed by atoms with Crippen molar-refractivity contribution >= 4 is 24.1 Å². The van der Waals surface area contributed by atoms with Gasteiger partial charge in [-0.15, -0.1) is 0 Å². The van der Waals surface area contributed by atoms with E-state index in [0.29, 0.717) is 13.2 Å². The Bertz CT molecular complexity index is 1860. The van der Waals surface area contributed by atoms with E-state index in [2.05, 4.69) is 43.4 Å². The van der Waals surface area contributed by atoms with Gasteiger partial charge in [-0.05, 0) is 127 Å². The van der Waals surface area contributed by atoms with Gasteiger partial charge < -0.3 is 19.7 Å². The number of carboxylic acid groups (broad SMARTS) is 2. The molecule has 5 atom stereocenters. The first-order valence-electron chi connectivity index (χ1n) is 18.9.